The van der Waals surface area contributed by atoms with Crippen LogP contribution >= 0.6 is 0 Å². The van der Waals surface area contributed by atoms with Crippen LogP contribution in [-0.2, 0) is 5.92 Å². The molecule has 2 nitrogen and oxygen atoms in total. The van der Waals surface area contributed by atoms with Gasteiger partial charge in [0.05, 0.1) is 0 Å². The van der Waals surface area contributed by atoms with E-state index in [-0.39, 0.29) is 17.0 Å². The standard InChI is InChI=1S/C9H9F2NO/c1-6(13)7-3-4-12-8(5-7)9(2,10)11/h3-5H,1-2H3. The van der Waals surface area contributed by atoms with Gasteiger partial charge in [-0.1, -0.05) is 0 Å². The van der Waals surface area contributed by atoms with Crippen LogP contribution in [0.5, 0.6) is 0 Å². The second kappa shape index (κ2) is 3.20. The number of halogens is 2. The Balaban J connectivity index is 3.13. The van der Waals surface area contributed by atoms with Gasteiger partial charge in [-0.05, 0) is 19.1 Å². The molecule has 1 aromatic heterocycles. The van der Waals surface area contributed by atoms with E-state index in [1.54, 1.807) is 0 Å². The van der Waals surface area contributed by atoms with Crippen molar-refractivity contribution in [1.29, 1.82) is 0 Å². The number of carbonyl (C=O) groups is 1. The summed E-state index contributed by atoms with van der Waals surface area (Å²) in [6.45, 7) is 2.08. The summed E-state index contributed by atoms with van der Waals surface area (Å²) < 4.78 is 25.4. The Labute approximate surface area is 74.6 Å². The van der Waals surface area contributed by atoms with Crippen LogP contribution in [0.4, 0.5) is 8.78 Å². The van der Waals surface area contributed by atoms with Crippen molar-refractivity contribution in [2.75, 3.05) is 0 Å². The highest BCUT2D eigenvalue weighted by atomic mass is 19.3. The zero-order valence-electron chi connectivity index (χ0n) is 7.34. The van der Waals surface area contributed by atoms with Crippen LogP contribution in [0.15, 0.2) is 18.3 Å². The van der Waals surface area contributed by atoms with Crippen molar-refractivity contribution in [3.8, 4) is 0 Å². The van der Waals surface area contributed by atoms with Crippen molar-refractivity contribution in [3.05, 3.63) is 29.6 Å². The molecule has 0 radical (unpaired) electrons. The zero-order chi connectivity index (χ0) is 10.1. The first kappa shape index (κ1) is 9.77. The van der Waals surface area contributed by atoms with Gasteiger partial charge in [-0.15, -0.1) is 0 Å². The Morgan fingerprint density at radius 2 is 2.15 bits per heavy atom. The second-order valence-corrected chi connectivity index (χ2v) is 2.87. The summed E-state index contributed by atoms with van der Waals surface area (Å²) >= 11 is 0. The van der Waals surface area contributed by atoms with E-state index in [4.69, 9.17) is 0 Å². The largest absolute Gasteiger partial charge is 0.295 e. The maximum atomic E-state index is 12.7. The van der Waals surface area contributed by atoms with Gasteiger partial charge in [0.25, 0.3) is 5.92 Å². The van der Waals surface area contributed by atoms with Gasteiger partial charge >= 0.3 is 0 Å². The number of carbonyl (C=O) groups excluding carboxylic acids is 1. The van der Waals surface area contributed by atoms with Gasteiger partial charge in [0, 0.05) is 18.7 Å². The van der Waals surface area contributed by atoms with Gasteiger partial charge in [0.15, 0.2) is 5.78 Å². The molecule has 1 aromatic rings. The third kappa shape index (κ3) is 2.31. The number of hydrogen-bond donors (Lipinski definition) is 0. The monoisotopic (exact) mass is 185 g/mol. The van der Waals surface area contributed by atoms with Crippen molar-refractivity contribution in [2.45, 2.75) is 19.8 Å². The molecule has 70 valence electrons. The molecule has 0 atom stereocenters. The molecule has 0 aromatic carbocycles. The Morgan fingerprint density at radius 3 is 2.62 bits per heavy atom. The molecule has 0 spiro atoms. The van der Waals surface area contributed by atoms with Crippen LogP contribution in [0.25, 0.3) is 0 Å². The Morgan fingerprint density at radius 1 is 1.54 bits per heavy atom. The number of aromatic nitrogens is 1. The predicted octanol–water partition coefficient (Wildman–Crippen LogP) is 2.40. The number of alkyl halides is 2. The average Bonchev–Trinajstić information content (AvgIpc) is 2.03. The highest BCUT2D eigenvalue weighted by Crippen LogP contribution is 2.25. The molecule has 0 bridgehead atoms. The molecule has 0 saturated carbocycles. The fraction of sp³-hybridized carbons (Fsp3) is 0.333. The molecule has 1 heterocycles. The summed E-state index contributed by atoms with van der Waals surface area (Å²) in [5, 5.41) is 0. The van der Waals surface area contributed by atoms with Gasteiger partial charge in [0.1, 0.15) is 5.69 Å². The van der Waals surface area contributed by atoms with Crippen LogP contribution in [0.3, 0.4) is 0 Å². The molecule has 13 heavy (non-hydrogen) atoms. The lowest BCUT2D eigenvalue weighted by Gasteiger charge is -2.09. The van der Waals surface area contributed by atoms with Crippen molar-refractivity contribution in [3.63, 3.8) is 0 Å². The molecule has 0 aliphatic rings. The van der Waals surface area contributed by atoms with Gasteiger partial charge in [-0.2, -0.15) is 8.78 Å². The number of rotatable bonds is 2. The first-order chi connectivity index (χ1) is 5.91. The lowest BCUT2D eigenvalue weighted by molar-refractivity contribution is 0.0127. The van der Waals surface area contributed by atoms with E-state index < -0.39 is 5.92 Å². The van der Waals surface area contributed by atoms with Crippen molar-refractivity contribution >= 4 is 5.78 Å². The minimum Gasteiger partial charge on any atom is -0.295 e. The minimum absolute atomic E-state index is 0.243. The molecule has 0 N–H and O–H groups in total. The third-order valence-corrected chi connectivity index (χ3v) is 1.62. The van der Waals surface area contributed by atoms with Crippen LogP contribution in [0.1, 0.15) is 29.9 Å². The lowest BCUT2D eigenvalue weighted by atomic mass is 10.1. The molecule has 0 aliphatic carbocycles. The molecule has 1 rings (SSSR count). The molecule has 0 amide bonds. The molecule has 0 aliphatic heterocycles. The van der Waals surface area contributed by atoms with Crippen LogP contribution in [0, 0.1) is 0 Å². The normalized spacial score (nSPS) is 11.4. The number of hydrogen-bond acceptors (Lipinski definition) is 2. The first-order valence-corrected chi connectivity index (χ1v) is 3.76. The number of pyridine rings is 1. The molecular weight excluding hydrogens is 176 g/mol. The molecule has 0 unspecified atom stereocenters. The summed E-state index contributed by atoms with van der Waals surface area (Å²) in [6.07, 6.45) is 1.21. The highest BCUT2D eigenvalue weighted by molar-refractivity contribution is 5.94. The van der Waals surface area contributed by atoms with E-state index in [1.807, 2.05) is 0 Å². The zero-order valence-corrected chi connectivity index (χ0v) is 7.34. The fourth-order valence-electron chi connectivity index (χ4n) is 0.890. The van der Waals surface area contributed by atoms with Gasteiger partial charge in [0.2, 0.25) is 0 Å². The molecule has 4 heteroatoms. The molecular formula is C9H9F2NO. The van der Waals surface area contributed by atoms with E-state index in [0.29, 0.717) is 0 Å². The molecule has 0 saturated heterocycles. The Kier molecular flexibility index (Phi) is 2.40. The predicted molar refractivity (Wildman–Crippen MR) is 43.8 cm³/mol. The minimum atomic E-state index is -2.99. The van der Waals surface area contributed by atoms with E-state index >= 15 is 0 Å². The van der Waals surface area contributed by atoms with E-state index in [0.717, 1.165) is 13.0 Å². The topological polar surface area (TPSA) is 30.0 Å². The summed E-state index contributed by atoms with van der Waals surface area (Å²) in [5.41, 5.74) is -0.119. The number of ketones is 1. The van der Waals surface area contributed by atoms with Gasteiger partial charge in [-0.25, -0.2) is 0 Å². The smallest absolute Gasteiger partial charge is 0.286 e. The summed E-state index contributed by atoms with van der Waals surface area (Å²) in [7, 11) is 0. The van der Waals surface area contributed by atoms with Crippen molar-refractivity contribution in [1.82, 2.24) is 4.98 Å². The van der Waals surface area contributed by atoms with Gasteiger partial charge < -0.3 is 0 Å². The molecule has 0 fully saturated rings. The van der Waals surface area contributed by atoms with E-state index in [2.05, 4.69) is 4.98 Å². The van der Waals surface area contributed by atoms with Crippen molar-refractivity contribution < 1.29 is 13.6 Å². The van der Waals surface area contributed by atoms with E-state index in [1.165, 1.54) is 19.2 Å². The third-order valence-electron chi connectivity index (χ3n) is 1.62. The SMILES string of the molecule is CC(=O)c1ccnc(C(C)(F)F)c1. The Hall–Kier alpha value is -1.32. The van der Waals surface area contributed by atoms with Crippen LogP contribution in [-0.4, -0.2) is 10.8 Å². The van der Waals surface area contributed by atoms with E-state index in [9.17, 15) is 13.6 Å². The van der Waals surface area contributed by atoms with Crippen LogP contribution in [0.2, 0.25) is 0 Å². The Bertz CT molecular complexity index is 331. The van der Waals surface area contributed by atoms with Crippen LogP contribution < -0.4 is 0 Å². The van der Waals surface area contributed by atoms with Crippen molar-refractivity contribution in [2.24, 2.45) is 0 Å². The highest BCUT2D eigenvalue weighted by Gasteiger charge is 2.26. The summed E-state index contributed by atoms with van der Waals surface area (Å²) in [6, 6.07) is 2.53. The number of Topliss-reactive ketones (excluding diaryl/α,β-unsaturated/α-hetero) is 1. The fourth-order valence-corrected chi connectivity index (χ4v) is 0.890. The summed E-state index contributed by atoms with van der Waals surface area (Å²) in [5.74, 6) is -3.24. The first-order valence-electron chi connectivity index (χ1n) is 3.76. The van der Waals surface area contributed by atoms with Gasteiger partial charge in [-0.3, -0.25) is 9.78 Å². The average molecular weight is 185 g/mol. The quantitative estimate of drug-likeness (QED) is 0.662. The number of nitrogens with zero attached hydrogens (tertiary/aromatic N) is 1. The second-order valence-electron chi connectivity index (χ2n) is 2.87. The maximum absolute atomic E-state index is 12.7. The maximum Gasteiger partial charge on any atom is 0.286 e. The summed E-state index contributed by atoms with van der Waals surface area (Å²) in [4.78, 5) is 14.3. The lowest BCUT2D eigenvalue weighted by Crippen LogP contribution is -2.10.